The van der Waals surface area contributed by atoms with Crippen molar-refractivity contribution >= 4 is 22.3 Å². The molecular formula is C16H21N3O2. The van der Waals surface area contributed by atoms with Crippen molar-refractivity contribution in [1.82, 2.24) is 4.98 Å². The fourth-order valence-corrected chi connectivity index (χ4v) is 2.43. The minimum Gasteiger partial charge on any atom is -0.384 e. The molecule has 0 spiro atoms. The number of nitrogens with zero attached hydrogens (tertiary/aromatic N) is 2. The molecule has 2 aromatic rings. The summed E-state index contributed by atoms with van der Waals surface area (Å²) in [5, 5.41) is 15.3. The van der Waals surface area contributed by atoms with Crippen molar-refractivity contribution in [2.75, 3.05) is 11.9 Å². The standard InChI is InChI=1S/C16H21N3O2/c1-11(2)5-4-9-17-14-8-10-18-16-12(3)15(19(20)21)7-6-13(14)16/h6-8,10-11H,4-5,9H2,1-3H3,(H,17,18). The van der Waals surface area contributed by atoms with E-state index in [2.05, 4.69) is 24.1 Å². The molecule has 0 aliphatic rings. The van der Waals surface area contributed by atoms with Crippen LogP contribution in [-0.2, 0) is 0 Å². The van der Waals surface area contributed by atoms with Crippen molar-refractivity contribution < 1.29 is 4.92 Å². The van der Waals surface area contributed by atoms with Gasteiger partial charge in [-0.15, -0.1) is 0 Å². The van der Waals surface area contributed by atoms with Crippen LogP contribution in [0.1, 0.15) is 32.3 Å². The molecule has 1 aromatic carbocycles. The summed E-state index contributed by atoms with van der Waals surface area (Å²) in [6.07, 6.45) is 3.98. The average molecular weight is 287 g/mol. The molecule has 1 N–H and O–H groups in total. The summed E-state index contributed by atoms with van der Waals surface area (Å²) in [5.41, 5.74) is 2.41. The molecule has 112 valence electrons. The molecule has 2 rings (SSSR count). The zero-order valence-corrected chi connectivity index (χ0v) is 12.7. The van der Waals surface area contributed by atoms with Crippen LogP contribution < -0.4 is 5.32 Å². The van der Waals surface area contributed by atoms with E-state index in [-0.39, 0.29) is 10.6 Å². The van der Waals surface area contributed by atoms with Crippen LogP contribution in [0, 0.1) is 23.0 Å². The average Bonchev–Trinajstić information content (AvgIpc) is 2.43. The third-order valence-electron chi connectivity index (χ3n) is 3.61. The molecule has 5 heteroatoms. The van der Waals surface area contributed by atoms with Gasteiger partial charge in [0.1, 0.15) is 0 Å². The van der Waals surface area contributed by atoms with E-state index in [9.17, 15) is 10.1 Å². The predicted octanol–water partition coefficient (Wildman–Crippen LogP) is 4.30. The van der Waals surface area contributed by atoms with Gasteiger partial charge in [0.25, 0.3) is 5.69 Å². The fraction of sp³-hybridized carbons (Fsp3) is 0.438. The molecule has 0 saturated heterocycles. The highest BCUT2D eigenvalue weighted by Gasteiger charge is 2.15. The fourth-order valence-electron chi connectivity index (χ4n) is 2.43. The lowest BCUT2D eigenvalue weighted by molar-refractivity contribution is -0.385. The number of aromatic nitrogens is 1. The van der Waals surface area contributed by atoms with Gasteiger partial charge in [-0.25, -0.2) is 0 Å². The van der Waals surface area contributed by atoms with Crippen LogP contribution in [0.15, 0.2) is 24.4 Å². The molecule has 0 radical (unpaired) electrons. The zero-order chi connectivity index (χ0) is 15.4. The first-order valence-electron chi connectivity index (χ1n) is 7.27. The lowest BCUT2D eigenvalue weighted by Crippen LogP contribution is -2.04. The Bertz CT molecular complexity index is 653. The number of benzene rings is 1. The summed E-state index contributed by atoms with van der Waals surface area (Å²) >= 11 is 0. The predicted molar refractivity (Wildman–Crippen MR) is 85.7 cm³/mol. The number of pyridine rings is 1. The Labute approximate surface area is 124 Å². The first-order valence-corrected chi connectivity index (χ1v) is 7.27. The Kier molecular flexibility index (Phi) is 4.73. The van der Waals surface area contributed by atoms with Crippen LogP contribution in [0.3, 0.4) is 0 Å². The van der Waals surface area contributed by atoms with Crippen LogP contribution in [0.2, 0.25) is 0 Å². The highest BCUT2D eigenvalue weighted by Crippen LogP contribution is 2.29. The number of fused-ring (bicyclic) bond motifs is 1. The highest BCUT2D eigenvalue weighted by molar-refractivity contribution is 5.94. The normalized spacial score (nSPS) is 11.0. The highest BCUT2D eigenvalue weighted by atomic mass is 16.6. The maximum Gasteiger partial charge on any atom is 0.274 e. The van der Waals surface area contributed by atoms with E-state index in [1.165, 1.54) is 6.42 Å². The van der Waals surface area contributed by atoms with Crippen LogP contribution in [-0.4, -0.2) is 16.5 Å². The van der Waals surface area contributed by atoms with Crippen LogP contribution in [0.4, 0.5) is 11.4 Å². The molecule has 0 amide bonds. The molecule has 5 nitrogen and oxygen atoms in total. The molecule has 1 aromatic heterocycles. The van der Waals surface area contributed by atoms with E-state index >= 15 is 0 Å². The number of nitro benzene ring substituents is 1. The van der Waals surface area contributed by atoms with Gasteiger partial charge in [0.15, 0.2) is 0 Å². The maximum atomic E-state index is 11.0. The lowest BCUT2D eigenvalue weighted by Gasteiger charge is -2.11. The number of hydrogen-bond donors (Lipinski definition) is 1. The van der Waals surface area contributed by atoms with Gasteiger partial charge in [0.2, 0.25) is 0 Å². The van der Waals surface area contributed by atoms with Crippen molar-refractivity contribution in [3.63, 3.8) is 0 Å². The summed E-state index contributed by atoms with van der Waals surface area (Å²) < 4.78 is 0. The first-order chi connectivity index (χ1) is 10.0. The first kappa shape index (κ1) is 15.2. The Morgan fingerprint density at radius 3 is 2.76 bits per heavy atom. The Morgan fingerprint density at radius 1 is 1.33 bits per heavy atom. The number of anilines is 1. The summed E-state index contributed by atoms with van der Waals surface area (Å²) in [6.45, 7) is 7.07. The second-order valence-corrected chi connectivity index (χ2v) is 5.68. The summed E-state index contributed by atoms with van der Waals surface area (Å²) in [7, 11) is 0. The summed E-state index contributed by atoms with van der Waals surface area (Å²) in [6, 6.07) is 5.25. The smallest absolute Gasteiger partial charge is 0.274 e. The van der Waals surface area contributed by atoms with Crippen LogP contribution >= 0.6 is 0 Å². The molecule has 0 atom stereocenters. The monoisotopic (exact) mass is 287 g/mol. The minimum atomic E-state index is -0.362. The molecule has 21 heavy (non-hydrogen) atoms. The molecule has 0 aliphatic carbocycles. The third kappa shape index (κ3) is 3.48. The molecule has 0 fully saturated rings. The molecule has 0 bridgehead atoms. The SMILES string of the molecule is Cc1c([N+](=O)[O-])ccc2c(NCCCC(C)C)ccnc12. The minimum absolute atomic E-state index is 0.118. The lowest BCUT2D eigenvalue weighted by atomic mass is 10.1. The van der Waals surface area contributed by atoms with Gasteiger partial charge < -0.3 is 5.32 Å². The number of rotatable bonds is 6. The van der Waals surface area contributed by atoms with Crippen molar-refractivity contribution in [3.05, 3.63) is 40.1 Å². The number of nitro groups is 1. The van der Waals surface area contributed by atoms with Gasteiger partial charge >= 0.3 is 0 Å². The summed E-state index contributed by atoms with van der Waals surface area (Å²) in [5.74, 6) is 0.700. The Balaban J connectivity index is 2.26. The van der Waals surface area contributed by atoms with E-state index in [0.29, 0.717) is 17.0 Å². The number of hydrogen-bond acceptors (Lipinski definition) is 4. The molecule has 0 unspecified atom stereocenters. The maximum absolute atomic E-state index is 11.0. The van der Waals surface area contributed by atoms with E-state index in [1.54, 1.807) is 25.3 Å². The largest absolute Gasteiger partial charge is 0.384 e. The van der Waals surface area contributed by atoms with E-state index in [0.717, 1.165) is 24.0 Å². The topological polar surface area (TPSA) is 68.1 Å². The second kappa shape index (κ2) is 6.52. The van der Waals surface area contributed by atoms with Crippen molar-refractivity contribution in [1.29, 1.82) is 0 Å². The Morgan fingerprint density at radius 2 is 2.10 bits per heavy atom. The quantitative estimate of drug-likeness (QED) is 0.488. The Hall–Kier alpha value is -2.17. The molecule has 1 heterocycles. The van der Waals surface area contributed by atoms with E-state index in [4.69, 9.17) is 0 Å². The number of aryl methyl sites for hydroxylation is 1. The van der Waals surface area contributed by atoms with Gasteiger partial charge in [-0.05, 0) is 37.8 Å². The third-order valence-corrected chi connectivity index (χ3v) is 3.61. The van der Waals surface area contributed by atoms with Gasteiger partial charge in [-0.2, -0.15) is 0 Å². The molecule has 0 saturated carbocycles. The van der Waals surface area contributed by atoms with Crippen LogP contribution in [0.5, 0.6) is 0 Å². The van der Waals surface area contributed by atoms with Gasteiger partial charge in [0.05, 0.1) is 16.0 Å². The van der Waals surface area contributed by atoms with Crippen LogP contribution in [0.25, 0.3) is 10.9 Å². The van der Waals surface area contributed by atoms with Crippen molar-refractivity contribution in [2.45, 2.75) is 33.6 Å². The van der Waals surface area contributed by atoms with E-state index in [1.807, 2.05) is 6.07 Å². The van der Waals surface area contributed by atoms with Gasteiger partial charge in [0, 0.05) is 29.9 Å². The summed E-state index contributed by atoms with van der Waals surface area (Å²) in [4.78, 5) is 14.9. The number of nitrogens with one attached hydrogen (secondary N) is 1. The molecule has 0 aliphatic heterocycles. The molecular weight excluding hydrogens is 266 g/mol. The van der Waals surface area contributed by atoms with E-state index < -0.39 is 0 Å². The van der Waals surface area contributed by atoms with Gasteiger partial charge in [-0.3, -0.25) is 15.1 Å². The van der Waals surface area contributed by atoms with Crippen molar-refractivity contribution in [3.8, 4) is 0 Å². The van der Waals surface area contributed by atoms with Crippen molar-refractivity contribution in [2.24, 2.45) is 5.92 Å². The van der Waals surface area contributed by atoms with Gasteiger partial charge in [-0.1, -0.05) is 13.8 Å². The zero-order valence-electron chi connectivity index (χ0n) is 12.7. The second-order valence-electron chi connectivity index (χ2n) is 5.68.